The zero-order valence-corrected chi connectivity index (χ0v) is 15.7. The van der Waals surface area contributed by atoms with Gasteiger partial charge in [0.25, 0.3) is 0 Å². The van der Waals surface area contributed by atoms with Crippen LogP contribution in [0.15, 0.2) is 49.1 Å². The van der Waals surface area contributed by atoms with Crippen molar-refractivity contribution in [3.63, 3.8) is 0 Å². The predicted octanol–water partition coefficient (Wildman–Crippen LogP) is 3.16. The molecule has 1 aliphatic heterocycles. The number of hydrogen-bond donors (Lipinski definition) is 2. The zero-order valence-electron chi connectivity index (χ0n) is 15.7. The number of nitrogens with zero attached hydrogens (tertiary/aromatic N) is 4. The van der Waals surface area contributed by atoms with Crippen molar-refractivity contribution in [1.29, 1.82) is 0 Å². The van der Waals surface area contributed by atoms with Gasteiger partial charge >= 0.3 is 0 Å². The Kier molecular flexibility index (Phi) is 4.09. The first kappa shape index (κ1) is 16.9. The van der Waals surface area contributed by atoms with Crippen LogP contribution < -0.4 is 5.32 Å². The molecule has 0 bridgehead atoms. The summed E-state index contributed by atoms with van der Waals surface area (Å²) in [5, 5.41) is 4.01. The zero-order chi connectivity index (χ0) is 19.1. The van der Waals surface area contributed by atoms with Gasteiger partial charge in [-0.1, -0.05) is 0 Å². The first-order chi connectivity index (χ1) is 13.7. The van der Waals surface area contributed by atoms with E-state index in [1.807, 2.05) is 35.0 Å². The minimum Gasteiger partial charge on any atom is -0.345 e. The number of imidazole rings is 1. The summed E-state index contributed by atoms with van der Waals surface area (Å²) in [7, 11) is 2.09. The van der Waals surface area contributed by atoms with E-state index in [4.69, 9.17) is 0 Å². The molecule has 5 rings (SSSR count). The maximum Gasteiger partial charge on any atom is 0.228 e. The van der Waals surface area contributed by atoms with E-state index in [1.54, 1.807) is 6.20 Å². The number of carbonyl (C=O) groups excluding carboxylic acids is 1. The van der Waals surface area contributed by atoms with E-state index < -0.39 is 0 Å². The normalized spacial score (nSPS) is 16.0. The van der Waals surface area contributed by atoms with Crippen molar-refractivity contribution in [2.75, 3.05) is 25.5 Å². The van der Waals surface area contributed by atoms with Gasteiger partial charge in [0.05, 0.1) is 0 Å². The average Bonchev–Trinajstić information content (AvgIpc) is 3.34. The van der Waals surface area contributed by atoms with E-state index in [1.165, 1.54) is 0 Å². The lowest BCUT2D eigenvalue weighted by atomic mass is 9.96. The van der Waals surface area contributed by atoms with Gasteiger partial charge in [0.2, 0.25) is 5.91 Å². The van der Waals surface area contributed by atoms with E-state index in [-0.39, 0.29) is 11.8 Å². The molecule has 0 spiro atoms. The lowest BCUT2D eigenvalue weighted by molar-refractivity contribution is -0.121. The second-order valence-electron chi connectivity index (χ2n) is 7.47. The minimum absolute atomic E-state index is 0.0646. The number of hydrogen-bond acceptors (Lipinski definition) is 4. The molecule has 0 radical (unpaired) electrons. The fraction of sp³-hybridized carbons (Fsp3) is 0.286. The fourth-order valence-electron chi connectivity index (χ4n) is 3.89. The molecule has 0 aliphatic carbocycles. The molecule has 4 aromatic rings. The van der Waals surface area contributed by atoms with Gasteiger partial charge in [-0.05, 0) is 57.2 Å². The molecule has 0 unspecified atom stereocenters. The predicted molar refractivity (Wildman–Crippen MR) is 109 cm³/mol. The van der Waals surface area contributed by atoms with E-state index in [0.717, 1.165) is 53.7 Å². The van der Waals surface area contributed by atoms with E-state index in [9.17, 15) is 4.79 Å². The van der Waals surface area contributed by atoms with Crippen molar-refractivity contribution in [1.82, 2.24) is 24.3 Å². The second-order valence-corrected chi connectivity index (χ2v) is 7.47. The molecule has 0 saturated carbocycles. The maximum atomic E-state index is 12.5. The first-order valence-electron chi connectivity index (χ1n) is 9.58. The monoisotopic (exact) mass is 374 g/mol. The number of fused-ring (bicyclic) bond motifs is 2. The number of piperidine rings is 1. The summed E-state index contributed by atoms with van der Waals surface area (Å²) in [4.78, 5) is 26.9. The molecule has 28 heavy (non-hydrogen) atoms. The molecule has 1 saturated heterocycles. The number of aromatic nitrogens is 4. The van der Waals surface area contributed by atoms with Gasteiger partial charge < -0.3 is 19.6 Å². The highest BCUT2D eigenvalue weighted by Gasteiger charge is 2.23. The molecular weight excluding hydrogens is 352 g/mol. The van der Waals surface area contributed by atoms with E-state index in [0.29, 0.717) is 5.82 Å². The molecule has 0 aromatic carbocycles. The van der Waals surface area contributed by atoms with Crippen LogP contribution in [-0.4, -0.2) is 50.3 Å². The van der Waals surface area contributed by atoms with E-state index >= 15 is 0 Å². The van der Waals surface area contributed by atoms with Crippen LogP contribution in [0.2, 0.25) is 0 Å². The van der Waals surface area contributed by atoms with Crippen LogP contribution in [0.25, 0.3) is 27.8 Å². The van der Waals surface area contributed by atoms with Crippen LogP contribution >= 0.6 is 0 Å². The summed E-state index contributed by atoms with van der Waals surface area (Å²) < 4.78 is 2.00. The lowest BCUT2D eigenvalue weighted by Gasteiger charge is -2.27. The smallest absolute Gasteiger partial charge is 0.228 e. The Morgan fingerprint density at radius 2 is 2.07 bits per heavy atom. The maximum absolute atomic E-state index is 12.5. The third-order valence-corrected chi connectivity index (χ3v) is 5.58. The second kappa shape index (κ2) is 6.76. The van der Waals surface area contributed by atoms with Crippen LogP contribution in [0.1, 0.15) is 12.8 Å². The first-order valence-corrected chi connectivity index (χ1v) is 9.58. The molecular formula is C21H22N6O. The SMILES string of the molecule is CN1CCC(C(=O)Nc2ccc3c(-c4ccc5nccn5c4)c[nH]c3n2)CC1. The number of anilines is 1. The topological polar surface area (TPSA) is 78.3 Å². The molecule has 5 heterocycles. The third kappa shape index (κ3) is 3.03. The minimum atomic E-state index is 0.0646. The molecule has 7 heteroatoms. The Morgan fingerprint density at radius 1 is 1.21 bits per heavy atom. The lowest BCUT2D eigenvalue weighted by Crippen LogP contribution is -2.36. The Bertz CT molecular complexity index is 1150. The van der Waals surface area contributed by atoms with Crippen molar-refractivity contribution in [3.8, 4) is 11.1 Å². The van der Waals surface area contributed by atoms with Crippen LogP contribution in [-0.2, 0) is 4.79 Å². The van der Waals surface area contributed by atoms with Gasteiger partial charge in [0, 0.05) is 47.2 Å². The largest absolute Gasteiger partial charge is 0.345 e. The highest BCUT2D eigenvalue weighted by atomic mass is 16.1. The standard InChI is InChI=1S/C21H22N6O/c1-26-9-6-14(7-10-26)21(28)25-18-4-3-16-17(12-23-20(16)24-18)15-2-5-19-22-8-11-27(19)13-15/h2-5,8,11-14H,6-7,9-10H2,1H3,(H2,23,24,25,28). The Hall–Kier alpha value is -3.19. The summed E-state index contributed by atoms with van der Waals surface area (Å²) in [6.45, 7) is 1.93. The number of pyridine rings is 2. The molecule has 1 fully saturated rings. The number of likely N-dealkylation sites (tertiary alicyclic amines) is 1. The highest BCUT2D eigenvalue weighted by Crippen LogP contribution is 2.29. The molecule has 142 valence electrons. The fourth-order valence-corrected chi connectivity index (χ4v) is 3.89. The van der Waals surface area contributed by atoms with Gasteiger partial charge in [-0.25, -0.2) is 9.97 Å². The van der Waals surface area contributed by atoms with Crippen molar-refractivity contribution in [2.24, 2.45) is 5.92 Å². The number of H-pyrrole nitrogens is 1. The van der Waals surface area contributed by atoms with Gasteiger partial charge in [-0.2, -0.15) is 0 Å². The van der Waals surface area contributed by atoms with Crippen molar-refractivity contribution >= 4 is 28.4 Å². The Morgan fingerprint density at radius 3 is 2.93 bits per heavy atom. The van der Waals surface area contributed by atoms with Gasteiger partial charge in [0.15, 0.2) is 0 Å². The molecule has 1 aliphatic rings. The average molecular weight is 374 g/mol. The Labute approximate surface area is 162 Å². The molecule has 0 atom stereocenters. The number of aromatic amines is 1. The summed E-state index contributed by atoms with van der Waals surface area (Å²) in [6, 6.07) is 7.94. The summed E-state index contributed by atoms with van der Waals surface area (Å²) in [5.41, 5.74) is 3.84. The molecule has 4 aromatic heterocycles. The Balaban J connectivity index is 1.39. The summed E-state index contributed by atoms with van der Waals surface area (Å²) in [6.07, 6.45) is 9.53. The summed E-state index contributed by atoms with van der Waals surface area (Å²) >= 11 is 0. The van der Waals surface area contributed by atoms with Gasteiger partial charge in [-0.3, -0.25) is 4.79 Å². The number of nitrogens with one attached hydrogen (secondary N) is 2. The van der Waals surface area contributed by atoms with Gasteiger partial charge in [-0.15, -0.1) is 0 Å². The van der Waals surface area contributed by atoms with Crippen LogP contribution in [0.5, 0.6) is 0 Å². The van der Waals surface area contributed by atoms with Crippen LogP contribution in [0.4, 0.5) is 5.82 Å². The number of rotatable bonds is 3. The highest BCUT2D eigenvalue weighted by molar-refractivity contribution is 5.96. The molecule has 1 amide bonds. The molecule has 7 nitrogen and oxygen atoms in total. The van der Waals surface area contributed by atoms with Crippen molar-refractivity contribution in [3.05, 3.63) is 49.1 Å². The molecule has 2 N–H and O–H groups in total. The summed E-state index contributed by atoms with van der Waals surface area (Å²) in [5.74, 6) is 0.724. The third-order valence-electron chi connectivity index (χ3n) is 5.58. The van der Waals surface area contributed by atoms with Gasteiger partial charge in [0.1, 0.15) is 17.1 Å². The quantitative estimate of drug-likeness (QED) is 0.577. The van der Waals surface area contributed by atoms with Crippen molar-refractivity contribution in [2.45, 2.75) is 12.8 Å². The van der Waals surface area contributed by atoms with Crippen LogP contribution in [0.3, 0.4) is 0 Å². The van der Waals surface area contributed by atoms with E-state index in [2.05, 4.69) is 44.5 Å². The van der Waals surface area contributed by atoms with Crippen molar-refractivity contribution < 1.29 is 4.79 Å². The number of carbonyl (C=O) groups is 1. The number of amides is 1. The van der Waals surface area contributed by atoms with Crippen LogP contribution in [0, 0.1) is 5.92 Å².